The summed E-state index contributed by atoms with van der Waals surface area (Å²) in [5.41, 5.74) is 0.979. The summed E-state index contributed by atoms with van der Waals surface area (Å²) in [6, 6.07) is 13.1. The van der Waals surface area contributed by atoms with E-state index in [0.717, 1.165) is 30.9 Å². The summed E-state index contributed by atoms with van der Waals surface area (Å²) >= 11 is 12.0. The largest absolute Gasteiger partial charge is 0.491 e. The van der Waals surface area contributed by atoms with Crippen molar-refractivity contribution in [3.63, 3.8) is 0 Å². The SMILES string of the molecule is CC(CNc1cccc(OCC2CCCO2)c1)Oc1ccc(Cl)cc1Cl. The van der Waals surface area contributed by atoms with Crippen LogP contribution in [-0.4, -0.2) is 32.0 Å². The Morgan fingerprint density at radius 1 is 1.23 bits per heavy atom. The van der Waals surface area contributed by atoms with Gasteiger partial charge in [0.05, 0.1) is 17.7 Å². The fourth-order valence-electron chi connectivity index (χ4n) is 2.75. The third-order valence-corrected chi connectivity index (χ3v) is 4.64. The van der Waals surface area contributed by atoms with Gasteiger partial charge in [0.15, 0.2) is 0 Å². The molecular formula is C20H23Cl2NO3. The molecule has 0 saturated carbocycles. The Balaban J connectivity index is 1.48. The molecule has 1 fully saturated rings. The van der Waals surface area contributed by atoms with E-state index in [4.69, 9.17) is 37.4 Å². The van der Waals surface area contributed by atoms with Crippen LogP contribution in [0.3, 0.4) is 0 Å². The minimum atomic E-state index is -0.0647. The highest BCUT2D eigenvalue weighted by atomic mass is 35.5. The number of hydrogen-bond donors (Lipinski definition) is 1. The Labute approximate surface area is 164 Å². The highest BCUT2D eigenvalue weighted by molar-refractivity contribution is 6.35. The smallest absolute Gasteiger partial charge is 0.138 e. The average Bonchev–Trinajstić information content (AvgIpc) is 3.15. The van der Waals surface area contributed by atoms with Crippen LogP contribution in [0, 0.1) is 0 Å². The predicted molar refractivity (Wildman–Crippen MR) is 106 cm³/mol. The standard InChI is InChI=1S/C20H23Cl2NO3/c1-14(26-20-8-7-15(21)10-19(20)22)12-23-16-4-2-5-17(11-16)25-13-18-6-3-9-24-18/h2,4-5,7-8,10-11,14,18,23H,3,6,9,12-13H2,1H3. The van der Waals surface area contributed by atoms with Crippen molar-refractivity contribution in [2.24, 2.45) is 0 Å². The molecule has 1 saturated heterocycles. The molecule has 0 bridgehead atoms. The fraction of sp³-hybridized carbons (Fsp3) is 0.400. The normalized spacial score (nSPS) is 17.7. The zero-order chi connectivity index (χ0) is 18.4. The van der Waals surface area contributed by atoms with E-state index in [0.29, 0.717) is 28.9 Å². The van der Waals surface area contributed by atoms with Crippen LogP contribution >= 0.6 is 23.2 Å². The molecule has 2 unspecified atom stereocenters. The lowest BCUT2D eigenvalue weighted by atomic mass is 10.2. The van der Waals surface area contributed by atoms with Gasteiger partial charge in [0.25, 0.3) is 0 Å². The third-order valence-electron chi connectivity index (χ3n) is 4.11. The van der Waals surface area contributed by atoms with E-state index < -0.39 is 0 Å². The first kappa shape index (κ1) is 19.2. The molecular weight excluding hydrogens is 373 g/mol. The van der Waals surface area contributed by atoms with Crippen LogP contribution in [0.25, 0.3) is 0 Å². The highest BCUT2D eigenvalue weighted by Crippen LogP contribution is 2.28. The van der Waals surface area contributed by atoms with E-state index in [-0.39, 0.29) is 12.2 Å². The molecule has 0 aliphatic carbocycles. The number of rotatable bonds is 8. The first-order valence-electron chi connectivity index (χ1n) is 8.80. The minimum absolute atomic E-state index is 0.0647. The van der Waals surface area contributed by atoms with Crippen molar-refractivity contribution in [2.75, 3.05) is 25.1 Å². The molecule has 4 nitrogen and oxygen atoms in total. The Bertz CT molecular complexity index is 720. The van der Waals surface area contributed by atoms with Crippen molar-refractivity contribution >= 4 is 28.9 Å². The van der Waals surface area contributed by atoms with Gasteiger partial charge in [-0.25, -0.2) is 0 Å². The molecule has 2 aromatic carbocycles. The van der Waals surface area contributed by atoms with Crippen molar-refractivity contribution in [3.8, 4) is 11.5 Å². The van der Waals surface area contributed by atoms with Gasteiger partial charge < -0.3 is 19.5 Å². The zero-order valence-corrected chi connectivity index (χ0v) is 16.2. The van der Waals surface area contributed by atoms with Gasteiger partial charge in [-0.15, -0.1) is 0 Å². The van der Waals surface area contributed by atoms with Crippen LogP contribution < -0.4 is 14.8 Å². The van der Waals surface area contributed by atoms with E-state index in [1.54, 1.807) is 18.2 Å². The quantitative estimate of drug-likeness (QED) is 0.646. The summed E-state index contributed by atoms with van der Waals surface area (Å²) in [5.74, 6) is 1.46. The minimum Gasteiger partial charge on any atom is -0.491 e. The molecule has 0 amide bonds. The Kier molecular flexibility index (Phi) is 6.89. The second-order valence-corrected chi connectivity index (χ2v) is 7.20. The number of benzene rings is 2. The summed E-state index contributed by atoms with van der Waals surface area (Å²) < 4.78 is 17.3. The molecule has 0 radical (unpaired) electrons. The molecule has 1 aliphatic heterocycles. The fourth-order valence-corrected chi connectivity index (χ4v) is 3.20. The maximum absolute atomic E-state index is 6.14. The zero-order valence-electron chi connectivity index (χ0n) is 14.7. The predicted octanol–water partition coefficient (Wildman–Crippen LogP) is 5.43. The van der Waals surface area contributed by atoms with Gasteiger partial charge in [-0.2, -0.15) is 0 Å². The Morgan fingerprint density at radius 2 is 2.12 bits per heavy atom. The Morgan fingerprint density at radius 3 is 2.88 bits per heavy atom. The van der Waals surface area contributed by atoms with E-state index in [9.17, 15) is 0 Å². The van der Waals surface area contributed by atoms with Gasteiger partial charge in [0.2, 0.25) is 0 Å². The first-order valence-corrected chi connectivity index (χ1v) is 9.56. The van der Waals surface area contributed by atoms with E-state index >= 15 is 0 Å². The second-order valence-electron chi connectivity index (χ2n) is 6.36. The van der Waals surface area contributed by atoms with Crippen molar-refractivity contribution < 1.29 is 14.2 Å². The lowest BCUT2D eigenvalue weighted by Crippen LogP contribution is -2.22. The molecule has 26 heavy (non-hydrogen) atoms. The number of ether oxygens (including phenoxy) is 3. The van der Waals surface area contributed by atoms with Crippen LogP contribution in [0.1, 0.15) is 19.8 Å². The third kappa shape index (κ3) is 5.70. The van der Waals surface area contributed by atoms with Crippen molar-refractivity contribution in [2.45, 2.75) is 32.0 Å². The highest BCUT2D eigenvalue weighted by Gasteiger charge is 2.16. The summed E-state index contributed by atoms with van der Waals surface area (Å²) in [7, 11) is 0. The van der Waals surface area contributed by atoms with Crippen molar-refractivity contribution in [3.05, 3.63) is 52.5 Å². The van der Waals surface area contributed by atoms with Crippen LogP contribution in [0.5, 0.6) is 11.5 Å². The van der Waals surface area contributed by atoms with Gasteiger partial charge in [-0.05, 0) is 50.1 Å². The van der Waals surface area contributed by atoms with E-state index in [1.807, 2.05) is 31.2 Å². The molecule has 0 aromatic heterocycles. The average molecular weight is 396 g/mol. The van der Waals surface area contributed by atoms with Crippen LogP contribution in [0.4, 0.5) is 5.69 Å². The number of anilines is 1. The van der Waals surface area contributed by atoms with Crippen molar-refractivity contribution in [1.29, 1.82) is 0 Å². The maximum atomic E-state index is 6.14. The molecule has 1 heterocycles. The van der Waals surface area contributed by atoms with Gasteiger partial charge in [-0.3, -0.25) is 0 Å². The molecule has 1 N–H and O–H groups in total. The van der Waals surface area contributed by atoms with Gasteiger partial charge in [-0.1, -0.05) is 29.3 Å². The molecule has 6 heteroatoms. The summed E-state index contributed by atoms with van der Waals surface area (Å²) in [4.78, 5) is 0. The van der Waals surface area contributed by atoms with Crippen molar-refractivity contribution in [1.82, 2.24) is 0 Å². The molecule has 2 aromatic rings. The van der Waals surface area contributed by atoms with E-state index in [1.165, 1.54) is 0 Å². The monoisotopic (exact) mass is 395 g/mol. The maximum Gasteiger partial charge on any atom is 0.138 e. The molecule has 2 atom stereocenters. The Hall–Kier alpha value is -1.62. The van der Waals surface area contributed by atoms with Crippen LogP contribution in [0.2, 0.25) is 10.0 Å². The summed E-state index contributed by atoms with van der Waals surface area (Å²) in [6.07, 6.45) is 2.33. The summed E-state index contributed by atoms with van der Waals surface area (Å²) in [6.45, 7) is 4.05. The first-order chi connectivity index (χ1) is 12.6. The van der Waals surface area contributed by atoms with Gasteiger partial charge in [0, 0.05) is 23.4 Å². The lowest BCUT2D eigenvalue weighted by molar-refractivity contribution is 0.0680. The number of hydrogen-bond acceptors (Lipinski definition) is 4. The topological polar surface area (TPSA) is 39.7 Å². The summed E-state index contributed by atoms with van der Waals surface area (Å²) in [5, 5.41) is 4.46. The number of nitrogens with one attached hydrogen (secondary N) is 1. The number of halogens is 2. The van der Waals surface area contributed by atoms with Crippen LogP contribution in [-0.2, 0) is 4.74 Å². The molecule has 0 spiro atoms. The van der Waals surface area contributed by atoms with Gasteiger partial charge in [0.1, 0.15) is 24.2 Å². The second kappa shape index (κ2) is 9.36. The molecule has 3 rings (SSSR count). The lowest BCUT2D eigenvalue weighted by Gasteiger charge is -2.18. The van der Waals surface area contributed by atoms with Gasteiger partial charge >= 0.3 is 0 Å². The van der Waals surface area contributed by atoms with Crippen LogP contribution in [0.15, 0.2) is 42.5 Å². The molecule has 140 valence electrons. The van der Waals surface area contributed by atoms with E-state index in [2.05, 4.69) is 5.32 Å². The molecule has 1 aliphatic rings.